The van der Waals surface area contributed by atoms with Crippen LogP contribution in [0.1, 0.15) is 30.1 Å². The number of esters is 2. The molecule has 0 radical (unpaired) electrons. The summed E-state index contributed by atoms with van der Waals surface area (Å²) < 4.78 is 10.5. The van der Waals surface area contributed by atoms with Crippen molar-refractivity contribution in [3.8, 4) is 0 Å². The van der Waals surface area contributed by atoms with E-state index in [-0.39, 0.29) is 52.4 Å². The number of nitrogens with one attached hydrogen (secondary N) is 1. The molecule has 1 aromatic carbocycles. The van der Waals surface area contributed by atoms with E-state index in [1.165, 1.54) is 0 Å². The third-order valence-corrected chi connectivity index (χ3v) is 6.85. The van der Waals surface area contributed by atoms with E-state index in [1.54, 1.807) is 24.3 Å². The van der Waals surface area contributed by atoms with E-state index in [9.17, 15) is 14.4 Å². The summed E-state index contributed by atoms with van der Waals surface area (Å²) in [5.41, 5.74) is 1.04. The summed E-state index contributed by atoms with van der Waals surface area (Å²) in [4.78, 5) is 36.8. The van der Waals surface area contributed by atoms with Gasteiger partial charge in [-0.05, 0) is 43.0 Å². The van der Waals surface area contributed by atoms with Gasteiger partial charge >= 0.3 is 11.9 Å². The van der Waals surface area contributed by atoms with Gasteiger partial charge in [0.25, 0.3) is 0 Å². The zero-order chi connectivity index (χ0) is 18.4. The van der Waals surface area contributed by atoms with Crippen LogP contribution in [0.5, 0.6) is 0 Å². The Morgan fingerprint density at radius 2 is 2.00 bits per heavy atom. The molecule has 2 bridgehead atoms. The molecule has 3 aliphatic rings. The Balaban J connectivity index is 1.44. The van der Waals surface area contributed by atoms with E-state index < -0.39 is 0 Å². The third kappa shape index (κ3) is 2.73. The molecule has 3 fully saturated rings. The number of amides is 1. The molecule has 0 spiro atoms. The van der Waals surface area contributed by atoms with Crippen LogP contribution in [0.25, 0.3) is 0 Å². The molecule has 4 rings (SSSR count). The van der Waals surface area contributed by atoms with Gasteiger partial charge in [-0.25, -0.2) is 4.79 Å². The van der Waals surface area contributed by atoms with Gasteiger partial charge in [-0.3, -0.25) is 9.59 Å². The van der Waals surface area contributed by atoms with Crippen molar-refractivity contribution in [2.75, 3.05) is 11.9 Å². The number of halogens is 1. The van der Waals surface area contributed by atoms with Crippen molar-refractivity contribution in [2.24, 2.45) is 23.7 Å². The zero-order valence-electron chi connectivity index (χ0n) is 14.3. The molecule has 26 heavy (non-hydrogen) atoms. The molecule has 7 heteroatoms. The zero-order valence-corrected chi connectivity index (χ0v) is 15.9. The number of hydrogen-bond acceptors (Lipinski definition) is 5. The second-order valence-electron chi connectivity index (χ2n) is 7.16. The number of alkyl halides is 1. The minimum absolute atomic E-state index is 0.0432. The minimum Gasteiger partial charge on any atom is -0.462 e. The fourth-order valence-corrected chi connectivity index (χ4v) is 5.57. The van der Waals surface area contributed by atoms with Crippen molar-refractivity contribution in [1.29, 1.82) is 0 Å². The molecule has 1 amide bonds. The highest BCUT2D eigenvalue weighted by Gasteiger charge is 2.67. The molecule has 1 heterocycles. The van der Waals surface area contributed by atoms with Crippen LogP contribution in [0.2, 0.25) is 0 Å². The van der Waals surface area contributed by atoms with Crippen LogP contribution in [-0.4, -0.2) is 35.4 Å². The lowest BCUT2D eigenvalue weighted by atomic mass is 9.79. The maximum atomic E-state index is 12.8. The van der Waals surface area contributed by atoms with Gasteiger partial charge in [0, 0.05) is 11.6 Å². The Morgan fingerprint density at radius 3 is 2.69 bits per heavy atom. The quantitative estimate of drug-likeness (QED) is 0.583. The predicted molar refractivity (Wildman–Crippen MR) is 96.8 cm³/mol. The SMILES string of the molecule is CCCOC(=O)c1ccc(NC(=O)[C@@H]2[C@H]3C[C@H]4[C@H](OC(=O)[C@@H]42)[C@@H]3Br)cc1. The molecule has 1 saturated heterocycles. The Morgan fingerprint density at radius 1 is 1.27 bits per heavy atom. The van der Waals surface area contributed by atoms with E-state index in [1.807, 2.05) is 6.92 Å². The molecule has 138 valence electrons. The van der Waals surface area contributed by atoms with Gasteiger partial charge in [0.2, 0.25) is 5.91 Å². The number of rotatable bonds is 5. The summed E-state index contributed by atoms with van der Waals surface area (Å²) in [6.07, 6.45) is 1.52. The monoisotopic (exact) mass is 421 g/mol. The van der Waals surface area contributed by atoms with Gasteiger partial charge in [0.15, 0.2) is 0 Å². The topological polar surface area (TPSA) is 81.7 Å². The van der Waals surface area contributed by atoms with Gasteiger partial charge < -0.3 is 14.8 Å². The van der Waals surface area contributed by atoms with Crippen molar-refractivity contribution in [2.45, 2.75) is 30.7 Å². The van der Waals surface area contributed by atoms with Crippen molar-refractivity contribution in [3.63, 3.8) is 0 Å². The number of carbonyl (C=O) groups excluding carboxylic acids is 3. The maximum Gasteiger partial charge on any atom is 0.338 e. The first-order valence-corrected chi connectivity index (χ1v) is 9.85. The van der Waals surface area contributed by atoms with Gasteiger partial charge in [-0.15, -0.1) is 0 Å². The maximum absolute atomic E-state index is 12.8. The number of hydrogen-bond donors (Lipinski definition) is 1. The van der Waals surface area contributed by atoms with Crippen LogP contribution in [0.4, 0.5) is 5.69 Å². The average Bonchev–Trinajstić information content (AvgIpc) is 3.24. The molecule has 2 aliphatic carbocycles. The van der Waals surface area contributed by atoms with Gasteiger partial charge in [-0.1, -0.05) is 22.9 Å². The fraction of sp³-hybridized carbons (Fsp3) is 0.526. The Bertz CT molecular complexity index is 749. The van der Waals surface area contributed by atoms with E-state index >= 15 is 0 Å². The molecular formula is C19H20BrNO5. The second kappa shape index (κ2) is 6.68. The van der Waals surface area contributed by atoms with Crippen molar-refractivity contribution in [3.05, 3.63) is 29.8 Å². The molecule has 6 atom stereocenters. The number of ether oxygens (including phenoxy) is 2. The molecule has 0 unspecified atom stereocenters. The highest BCUT2D eigenvalue weighted by molar-refractivity contribution is 9.09. The summed E-state index contributed by atoms with van der Waals surface area (Å²) in [7, 11) is 0. The smallest absolute Gasteiger partial charge is 0.338 e. The average molecular weight is 422 g/mol. The molecule has 0 aromatic heterocycles. The largest absolute Gasteiger partial charge is 0.462 e. The van der Waals surface area contributed by atoms with Crippen LogP contribution in [-0.2, 0) is 19.1 Å². The fourth-order valence-electron chi connectivity index (χ4n) is 4.52. The first kappa shape index (κ1) is 17.5. The summed E-state index contributed by atoms with van der Waals surface area (Å²) in [5, 5.41) is 2.88. The van der Waals surface area contributed by atoms with Crippen molar-refractivity contribution >= 4 is 39.5 Å². The predicted octanol–water partition coefficient (Wildman–Crippen LogP) is 2.76. The molecule has 1 aliphatic heterocycles. The second-order valence-corrected chi connectivity index (χ2v) is 8.22. The third-order valence-electron chi connectivity index (χ3n) is 5.65. The summed E-state index contributed by atoms with van der Waals surface area (Å²) in [6, 6.07) is 6.60. The lowest BCUT2D eigenvalue weighted by Crippen LogP contribution is -2.40. The molecule has 6 nitrogen and oxygen atoms in total. The minimum atomic E-state index is -0.375. The normalized spacial score (nSPS) is 33.8. The summed E-state index contributed by atoms with van der Waals surface area (Å²) in [5.74, 6) is -1.23. The molecule has 2 saturated carbocycles. The van der Waals surface area contributed by atoms with Crippen LogP contribution < -0.4 is 5.32 Å². The number of carbonyl (C=O) groups is 3. The summed E-state index contributed by atoms with van der Waals surface area (Å²) >= 11 is 3.61. The Hall–Kier alpha value is -1.89. The highest BCUT2D eigenvalue weighted by atomic mass is 79.9. The molecular weight excluding hydrogens is 402 g/mol. The van der Waals surface area contributed by atoms with Gasteiger partial charge in [0.1, 0.15) is 6.10 Å². The van der Waals surface area contributed by atoms with Gasteiger partial charge in [0.05, 0.1) is 28.8 Å². The molecule has 1 N–H and O–H groups in total. The Labute approximate surface area is 159 Å². The highest BCUT2D eigenvalue weighted by Crippen LogP contribution is 2.60. The van der Waals surface area contributed by atoms with Gasteiger partial charge in [-0.2, -0.15) is 0 Å². The van der Waals surface area contributed by atoms with Crippen LogP contribution in [0.3, 0.4) is 0 Å². The van der Waals surface area contributed by atoms with Crippen LogP contribution in [0, 0.1) is 23.7 Å². The van der Waals surface area contributed by atoms with E-state index in [4.69, 9.17) is 9.47 Å². The number of anilines is 1. The van der Waals surface area contributed by atoms with Crippen LogP contribution in [0.15, 0.2) is 24.3 Å². The van der Waals surface area contributed by atoms with Crippen molar-refractivity contribution < 1.29 is 23.9 Å². The number of fused-ring (bicyclic) bond motifs is 1. The lowest BCUT2D eigenvalue weighted by Gasteiger charge is -2.27. The molecule has 1 aromatic rings. The summed E-state index contributed by atoms with van der Waals surface area (Å²) in [6.45, 7) is 2.31. The van der Waals surface area contributed by atoms with E-state index in [0.717, 1.165) is 12.8 Å². The number of benzene rings is 1. The standard InChI is InChI=1S/C19H20BrNO5/c1-2-7-25-18(23)9-3-5-10(6-4-9)21-17(22)13-11-8-12-14(13)19(24)26-16(12)15(11)20/h3-6,11-16H,2,7-8H2,1H3,(H,21,22)/t11-,12-,13-,14+,15-,16+/m1/s1. The first-order chi connectivity index (χ1) is 12.5. The van der Waals surface area contributed by atoms with E-state index in [2.05, 4.69) is 21.2 Å². The first-order valence-electron chi connectivity index (χ1n) is 8.94. The van der Waals surface area contributed by atoms with Crippen LogP contribution >= 0.6 is 15.9 Å². The van der Waals surface area contributed by atoms with Crippen molar-refractivity contribution in [1.82, 2.24) is 0 Å². The van der Waals surface area contributed by atoms with E-state index in [0.29, 0.717) is 17.9 Å². The lowest BCUT2D eigenvalue weighted by molar-refractivity contribution is -0.145. The Kier molecular flexibility index (Phi) is 4.50.